The molecule has 2 nitrogen and oxygen atoms in total. The highest BCUT2D eigenvalue weighted by Gasteiger charge is 2.18. The summed E-state index contributed by atoms with van der Waals surface area (Å²) in [5.41, 5.74) is 8.56. The summed E-state index contributed by atoms with van der Waals surface area (Å²) in [6.45, 7) is 2.16. The zero-order chi connectivity index (χ0) is 9.97. The predicted octanol–water partition coefficient (Wildman–Crippen LogP) is 2.74. The maximum absolute atomic E-state index is 5.87. The number of rotatable bonds is 2. The molecule has 0 aliphatic heterocycles. The fourth-order valence-electron chi connectivity index (χ4n) is 1.99. The number of thiophene rings is 1. The summed E-state index contributed by atoms with van der Waals surface area (Å²) in [6.07, 6.45) is 4.77. The van der Waals surface area contributed by atoms with Crippen molar-refractivity contribution in [2.75, 3.05) is 5.32 Å². The molecule has 78 valence electrons. The fraction of sp³-hybridized carbons (Fsp3) is 0.636. The van der Waals surface area contributed by atoms with Gasteiger partial charge in [0.1, 0.15) is 0 Å². The number of nitrogens with two attached hydrogens (primary N) is 1. The minimum absolute atomic E-state index is 0.441. The maximum Gasteiger partial charge on any atom is 0.0480 e. The second-order valence-electron chi connectivity index (χ2n) is 4.22. The van der Waals surface area contributed by atoms with Crippen LogP contribution in [0.3, 0.4) is 0 Å². The van der Waals surface area contributed by atoms with Crippen molar-refractivity contribution in [2.24, 2.45) is 5.73 Å². The van der Waals surface area contributed by atoms with Gasteiger partial charge in [-0.2, -0.15) is 0 Å². The molecular formula is C11H18N2S. The predicted molar refractivity (Wildman–Crippen MR) is 62.9 cm³/mol. The molecule has 1 aliphatic carbocycles. The summed E-state index contributed by atoms with van der Waals surface area (Å²) in [4.78, 5) is 0. The molecule has 0 aromatic carbocycles. The fourth-order valence-corrected chi connectivity index (χ4v) is 2.78. The largest absolute Gasteiger partial charge is 0.381 e. The monoisotopic (exact) mass is 210 g/mol. The lowest BCUT2D eigenvalue weighted by Crippen LogP contribution is -2.32. The van der Waals surface area contributed by atoms with E-state index in [0.29, 0.717) is 12.1 Å². The van der Waals surface area contributed by atoms with Crippen LogP contribution in [0.15, 0.2) is 10.8 Å². The zero-order valence-corrected chi connectivity index (χ0v) is 9.44. The van der Waals surface area contributed by atoms with Crippen molar-refractivity contribution >= 4 is 17.0 Å². The second kappa shape index (κ2) is 4.32. The first-order valence-electron chi connectivity index (χ1n) is 5.30. The van der Waals surface area contributed by atoms with Crippen molar-refractivity contribution in [2.45, 2.75) is 44.7 Å². The summed E-state index contributed by atoms with van der Waals surface area (Å²) in [5, 5.41) is 7.99. The van der Waals surface area contributed by atoms with Crippen molar-refractivity contribution < 1.29 is 0 Å². The van der Waals surface area contributed by atoms with E-state index in [1.807, 2.05) is 0 Å². The van der Waals surface area contributed by atoms with E-state index >= 15 is 0 Å². The van der Waals surface area contributed by atoms with Crippen LogP contribution < -0.4 is 11.1 Å². The number of nitrogens with one attached hydrogen (secondary N) is 1. The zero-order valence-electron chi connectivity index (χ0n) is 8.62. The lowest BCUT2D eigenvalue weighted by atomic mass is 9.92. The summed E-state index contributed by atoms with van der Waals surface area (Å²) >= 11 is 1.77. The van der Waals surface area contributed by atoms with Crippen molar-refractivity contribution in [3.8, 4) is 0 Å². The lowest BCUT2D eigenvalue weighted by Gasteiger charge is -2.27. The minimum Gasteiger partial charge on any atom is -0.381 e. The Balaban J connectivity index is 1.89. The molecule has 14 heavy (non-hydrogen) atoms. The molecule has 1 heterocycles. The molecule has 0 bridgehead atoms. The number of anilines is 1. The van der Waals surface area contributed by atoms with Crippen LogP contribution in [0.4, 0.5) is 5.69 Å². The number of hydrogen-bond donors (Lipinski definition) is 2. The SMILES string of the molecule is Cc1cscc1NC1CCC(N)CC1. The van der Waals surface area contributed by atoms with Gasteiger partial charge in [0.05, 0.1) is 0 Å². The van der Waals surface area contributed by atoms with Gasteiger partial charge >= 0.3 is 0 Å². The van der Waals surface area contributed by atoms with Crippen LogP contribution in [0.2, 0.25) is 0 Å². The molecule has 1 aromatic heterocycles. The van der Waals surface area contributed by atoms with E-state index in [1.54, 1.807) is 11.3 Å². The number of aryl methyl sites for hydroxylation is 1. The Morgan fingerprint density at radius 1 is 1.29 bits per heavy atom. The van der Waals surface area contributed by atoms with Crippen molar-refractivity contribution in [1.82, 2.24) is 0 Å². The topological polar surface area (TPSA) is 38.0 Å². The van der Waals surface area contributed by atoms with Gasteiger partial charge < -0.3 is 11.1 Å². The van der Waals surface area contributed by atoms with Gasteiger partial charge in [-0.25, -0.2) is 0 Å². The van der Waals surface area contributed by atoms with Crippen molar-refractivity contribution in [3.63, 3.8) is 0 Å². The standard InChI is InChI=1S/C11H18N2S/c1-8-6-14-7-11(8)13-10-4-2-9(12)3-5-10/h6-7,9-10,13H,2-5,12H2,1H3. The first-order chi connectivity index (χ1) is 6.75. The molecule has 0 saturated heterocycles. The van der Waals surface area contributed by atoms with E-state index in [1.165, 1.54) is 36.9 Å². The van der Waals surface area contributed by atoms with Crippen LogP contribution in [0.25, 0.3) is 0 Å². The molecular weight excluding hydrogens is 192 g/mol. The molecule has 1 fully saturated rings. The van der Waals surface area contributed by atoms with Crippen LogP contribution in [0, 0.1) is 6.92 Å². The summed E-state index contributed by atoms with van der Waals surface area (Å²) in [5.74, 6) is 0. The molecule has 1 aliphatic rings. The Morgan fingerprint density at radius 3 is 2.57 bits per heavy atom. The average molecular weight is 210 g/mol. The van der Waals surface area contributed by atoms with Gasteiger partial charge in [0.25, 0.3) is 0 Å². The van der Waals surface area contributed by atoms with Crippen LogP contribution in [0.1, 0.15) is 31.2 Å². The first kappa shape index (κ1) is 9.99. The second-order valence-corrected chi connectivity index (χ2v) is 4.97. The van der Waals surface area contributed by atoms with Gasteiger partial charge in [-0.3, -0.25) is 0 Å². The highest BCUT2D eigenvalue weighted by atomic mass is 32.1. The van der Waals surface area contributed by atoms with E-state index in [-0.39, 0.29) is 0 Å². The van der Waals surface area contributed by atoms with Gasteiger partial charge in [0.15, 0.2) is 0 Å². The molecule has 3 heteroatoms. The Bertz CT molecular complexity index is 287. The van der Waals surface area contributed by atoms with Gasteiger partial charge in [-0.05, 0) is 43.6 Å². The van der Waals surface area contributed by atoms with E-state index < -0.39 is 0 Å². The summed E-state index contributed by atoms with van der Waals surface area (Å²) in [6, 6.07) is 1.08. The molecule has 3 N–H and O–H groups in total. The highest BCUT2D eigenvalue weighted by molar-refractivity contribution is 7.08. The third-order valence-electron chi connectivity index (χ3n) is 2.99. The summed E-state index contributed by atoms with van der Waals surface area (Å²) < 4.78 is 0. The van der Waals surface area contributed by atoms with Crippen LogP contribution in [-0.4, -0.2) is 12.1 Å². The van der Waals surface area contributed by atoms with Gasteiger partial charge in [-0.1, -0.05) is 0 Å². The minimum atomic E-state index is 0.441. The van der Waals surface area contributed by atoms with Crippen molar-refractivity contribution in [3.05, 3.63) is 16.3 Å². The molecule has 0 unspecified atom stereocenters. The maximum atomic E-state index is 5.87. The smallest absolute Gasteiger partial charge is 0.0480 e. The van der Waals surface area contributed by atoms with Gasteiger partial charge in [0, 0.05) is 23.2 Å². The van der Waals surface area contributed by atoms with Crippen LogP contribution in [0.5, 0.6) is 0 Å². The van der Waals surface area contributed by atoms with E-state index in [4.69, 9.17) is 5.73 Å². The average Bonchev–Trinajstić information content (AvgIpc) is 2.56. The van der Waals surface area contributed by atoms with Gasteiger partial charge in [0.2, 0.25) is 0 Å². The molecule has 0 spiro atoms. The Morgan fingerprint density at radius 2 is 2.00 bits per heavy atom. The third-order valence-corrected chi connectivity index (χ3v) is 3.85. The number of hydrogen-bond acceptors (Lipinski definition) is 3. The van der Waals surface area contributed by atoms with Crippen molar-refractivity contribution in [1.29, 1.82) is 0 Å². The Hall–Kier alpha value is -0.540. The Kier molecular flexibility index (Phi) is 3.08. The highest BCUT2D eigenvalue weighted by Crippen LogP contribution is 2.25. The van der Waals surface area contributed by atoms with E-state index in [9.17, 15) is 0 Å². The Labute approximate surface area is 89.5 Å². The van der Waals surface area contributed by atoms with E-state index in [2.05, 4.69) is 23.0 Å². The van der Waals surface area contributed by atoms with E-state index in [0.717, 1.165) is 0 Å². The summed E-state index contributed by atoms with van der Waals surface area (Å²) in [7, 11) is 0. The lowest BCUT2D eigenvalue weighted by molar-refractivity contribution is 0.411. The molecule has 2 rings (SSSR count). The molecule has 1 aromatic rings. The normalized spacial score (nSPS) is 27.6. The first-order valence-corrected chi connectivity index (χ1v) is 6.25. The molecule has 0 amide bonds. The van der Waals surface area contributed by atoms with Crippen LogP contribution in [-0.2, 0) is 0 Å². The molecule has 1 saturated carbocycles. The quantitative estimate of drug-likeness (QED) is 0.787. The third kappa shape index (κ3) is 2.28. The van der Waals surface area contributed by atoms with Gasteiger partial charge in [-0.15, -0.1) is 11.3 Å². The molecule has 0 atom stereocenters. The molecule has 0 radical (unpaired) electrons. The van der Waals surface area contributed by atoms with Crippen LogP contribution >= 0.6 is 11.3 Å².